The van der Waals surface area contributed by atoms with Crippen LogP contribution in [-0.2, 0) is 4.79 Å². The Kier molecular flexibility index (Phi) is 4.33. The average Bonchev–Trinajstić information content (AvgIpc) is 2.29. The van der Waals surface area contributed by atoms with Gasteiger partial charge in [0.15, 0.2) is 5.82 Å². The van der Waals surface area contributed by atoms with Crippen LogP contribution in [0.5, 0.6) is 0 Å². The van der Waals surface area contributed by atoms with Crippen molar-refractivity contribution in [2.45, 2.75) is 13.8 Å². The maximum atomic E-state index is 11.1. The van der Waals surface area contributed by atoms with Gasteiger partial charge < -0.3 is 16.4 Å². The van der Waals surface area contributed by atoms with E-state index in [0.29, 0.717) is 11.4 Å². The summed E-state index contributed by atoms with van der Waals surface area (Å²) in [6, 6.07) is 0. The molecule has 4 N–H and O–H groups in total. The van der Waals surface area contributed by atoms with Gasteiger partial charge >= 0.3 is 0 Å². The fourth-order valence-corrected chi connectivity index (χ4v) is 1.54. The molecule has 0 aliphatic rings. The Bertz CT molecular complexity index is 460. The molecule has 0 unspecified atom stereocenters. The molecule has 0 saturated heterocycles. The fourth-order valence-electron chi connectivity index (χ4n) is 1.29. The second kappa shape index (κ2) is 5.53. The van der Waals surface area contributed by atoms with E-state index in [0.717, 1.165) is 11.3 Å². The van der Waals surface area contributed by atoms with Crippen LogP contribution < -0.4 is 16.4 Å². The first-order valence-corrected chi connectivity index (χ1v) is 5.46. The maximum Gasteiger partial charge on any atom is 0.239 e. The van der Waals surface area contributed by atoms with Gasteiger partial charge in [0.25, 0.3) is 0 Å². The van der Waals surface area contributed by atoms with Crippen LogP contribution in [0.25, 0.3) is 0 Å². The number of aryl methyl sites for hydroxylation is 1. The summed E-state index contributed by atoms with van der Waals surface area (Å²) >= 11 is 4.97. The highest BCUT2D eigenvalue weighted by Gasteiger charge is 2.13. The molecular formula is C10H15N5OS. The van der Waals surface area contributed by atoms with Gasteiger partial charge in [0, 0.05) is 7.05 Å². The maximum absolute atomic E-state index is 11.1. The van der Waals surface area contributed by atoms with E-state index in [1.54, 1.807) is 7.05 Å². The molecule has 0 radical (unpaired) electrons. The molecule has 17 heavy (non-hydrogen) atoms. The molecule has 0 aromatic carbocycles. The molecule has 6 nitrogen and oxygen atoms in total. The zero-order valence-corrected chi connectivity index (χ0v) is 10.8. The minimum Gasteiger partial charge on any atom is -0.389 e. The van der Waals surface area contributed by atoms with Crippen LogP contribution >= 0.6 is 12.2 Å². The molecule has 7 heteroatoms. The van der Waals surface area contributed by atoms with Crippen molar-refractivity contribution in [2.75, 3.05) is 18.9 Å². The van der Waals surface area contributed by atoms with Crippen molar-refractivity contribution in [2.24, 2.45) is 5.73 Å². The minimum absolute atomic E-state index is 0.100. The summed E-state index contributed by atoms with van der Waals surface area (Å²) in [6.07, 6.45) is 0. The Morgan fingerprint density at radius 2 is 2.06 bits per heavy atom. The lowest BCUT2D eigenvalue weighted by Crippen LogP contribution is -2.28. The molecule has 0 fully saturated rings. The lowest BCUT2D eigenvalue weighted by Gasteiger charge is -2.12. The van der Waals surface area contributed by atoms with Gasteiger partial charge in [-0.2, -0.15) is 5.10 Å². The second-order valence-electron chi connectivity index (χ2n) is 3.52. The van der Waals surface area contributed by atoms with Crippen LogP contribution in [0.2, 0.25) is 0 Å². The number of likely N-dealkylation sites (N-methyl/N-ethyl adjacent to an activating group) is 1. The number of carbonyl (C=O) groups is 1. The summed E-state index contributed by atoms with van der Waals surface area (Å²) in [5.74, 6) is 0.281. The number of amides is 1. The van der Waals surface area contributed by atoms with E-state index < -0.39 is 0 Å². The standard InChI is InChI=1S/C10H15N5OS/c1-5-6(2)14-15-10(8(5)9(11)17)13-4-7(16)12-3/h4H2,1-3H3,(H2,11,17)(H,12,16)(H,13,15). The van der Waals surface area contributed by atoms with Crippen molar-refractivity contribution < 1.29 is 4.79 Å². The summed E-state index contributed by atoms with van der Waals surface area (Å²) in [5, 5.41) is 13.3. The molecule has 0 atom stereocenters. The number of hydrogen-bond donors (Lipinski definition) is 3. The Balaban J connectivity index is 3.03. The predicted octanol–water partition coefficient (Wildman–Crippen LogP) is -0.114. The molecule has 0 spiro atoms. The van der Waals surface area contributed by atoms with Crippen molar-refractivity contribution in [1.29, 1.82) is 0 Å². The first-order chi connectivity index (χ1) is 7.97. The number of rotatable bonds is 4. The van der Waals surface area contributed by atoms with Gasteiger partial charge in [0.2, 0.25) is 5.91 Å². The van der Waals surface area contributed by atoms with Gasteiger partial charge in [-0.15, -0.1) is 5.10 Å². The van der Waals surface area contributed by atoms with E-state index in [4.69, 9.17) is 18.0 Å². The van der Waals surface area contributed by atoms with Crippen LogP contribution in [0, 0.1) is 13.8 Å². The molecule has 92 valence electrons. The molecule has 0 aliphatic carbocycles. The van der Waals surface area contributed by atoms with Crippen LogP contribution in [0.15, 0.2) is 0 Å². The third kappa shape index (κ3) is 3.10. The van der Waals surface area contributed by atoms with Crippen molar-refractivity contribution >= 4 is 28.9 Å². The molecule has 1 heterocycles. The third-order valence-electron chi connectivity index (χ3n) is 2.40. The largest absolute Gasteiger partial charge is 0.389 e. The minimum atomic E-state index is -0.154. The quantitative estimate of drug-likeness (QED) is 0.648. The van der Waals surface area contributed by atoms with Crippen LogP contribution in [0.1, 0.15) is 16.8 Å². The summed E-state index contributed by atoms with van der Waals surface area (Å²) in [5.41, 5.74) is 7.91. The third-order valence-corrected chi connectivity index (χ3v) is 2.60. The van der Waals surface area contributed by atoms with Gasteiger partial charge in [0.1, 0.15) is 4.99 Å². The smallest absolute Gasteiger partial charge is 0.239 e. The summed E-state index contributed by atoms with van der Waals surface area (Å²) in [6.45, 7) is 3.79. The SMILES string of the molecule is CNC(=O)CNc1nnc(C)c(C)c1C(N)=S. The summed E-state index contributed by atoms with van der Waals surface area (Å²) in [4.78, 5) is 11.4. The van der Waals surface area contributed by atoms with Gasteiger partial charge in [0.05, 0.1) is 17.8 Å². The molecule has 0 saturated carbocycles. The number of carbonyl (C=O) groups excluding carboxylic acids is 1. The zero-order valence-electron chi connectivity index (χ0n) is 10.00. The molecule has 0 aliphatic heterocycles. The molecule has 1 amide bonds. The number of nitrogens with zero attached hydrogens (tertiary/aromatic N) is 2. The van der Waals surface area contributed by atoms with Crippen LogP contribution in [0.3, 0.4) is 0 Å². The monoisotopic (exact) mass is 253 g/mol. The number of thiocarbonyl (C=S) groups is 1. The number of nitrogens with two attached hydrogens (primary N) is 1. The fraction of sp³-hybridized carbons (Fsp3) is 0.400. The van der Waals surface area contributed by atoms with Crippen molar-refractivity contribution in [1.82, 2.24) is 15.5 Å². The van der Waals surface area contributed by atoms with E-state index in [1.807, 2.05) is 13.8 Å². The zero-order chi connectivity index (χ0) is 13.0. The van der Waals surface area contributed by atoms with Crippen molar-refractivity contribution in [3.05, 3.63) is 16.8 Å². The van der Waals surface area contributed by atoms with E-state index >= 15 is 0 Å². The summed E-state index contributed by atoms with van der Waals surface area (Å²) < 4.78 is 0. The highest BCUT2D eigenvalue weighted by atomic mass is 32.1. The first-order valence-electron chi connectivity index (χ1n) is 5.05. The van der Waals surface area contributed by atoms with Gasteiger partial charge in [-0.05, 0) is 19.4 Å². The molecule has 1 aromatic rings. The van der Waals surface area contributed by atoms with Gasteiger partial charge in [-0.1, -0.05) is 12.2 Å². The molecular weight excluding hydrogens is 238 g/mol. The lowest BCUT2D eigenvalue weighted by atomic mass is 10.1. The Labute approximate surface area is 105 Å². The number of aromatic nitrogens is 2. The molecule has 1 rings (SSSR count). The average molecular weight is 253 g/mol. The second-order valence-corrected chi connectivity index (χ2v) is 3.96. The molecule has 1 aromatic heterocycles. The van der Waals surface area contributed by atoms with E-state index in [2.05, 4.69) is 20.8 Å². The van der Waals surface area contributed by atoms with Crippen molar-refractivity contribution in [3.8, 4) is 0 Å². The van der Waals surface area contributed by atoms with E-state index in [1.165, 1.54) is 0 Å². The van der Waals surface area contributed by atoms with Gasteiger partial charge in [-0.3, -0.25) is 4.79 Å². The normalized spacial score (nSPS) is 9.82. The van der Waals surface area contributed by atoms with E-state index in [9.17, 15) is 4.79 Å². The highest BCUT2D eigenvalue weighted by Crippen LogP contribution is 2.17. The lowest BCUT2D eigenvalue weighted by molar-refractivity contribution is -0.118. The number of nitrogens with one attached hydrogen (secondary N) is 2. The predicted molar refractivity (Wildman–Crippen MR) is 69.9 cm³/mol. The topological polar surface area (TPSA) is 92.9 Å². The number of hydrogen-bond acceptors (Lipinski definition) is 5. The first kappa shape index (κ1) is 13.3. The highest BCUT2D eigenvalue weighted by molar-refractivity contribution is 7.80. The van der Waals surface area contributed by atoms with Crippen LogP contribution in [-0.4, -0.2) is 34.7 Å². The van der Waals surface area contributed by atoms with E-state index in [-0.39, 0.29) is 17.4 Å². The Hall–Kier alpha value is -1.76. The Morgan fingerprint density at radius 3 is 2.59 bits per heavy atom. The van der Waals surface area contributed by atoms with Gasteiger partial charge in [-0.25, -0.2) is 0 Å². The summed E-state index contributed by atoms with van der Waals surface area (Å²) in [7, 11) is 1.56. The molecule has 0 bridgehead atoms. The van der Waals surface area contributed by atoms with Crippen molar-refractivity contribution in [3.63, 3.8) is 0 Å². The Morgan fingerprint density at radius 1 is 1.41 bits per heavy atom. The number of anilines is 1. The van der Waals surface area contributed by atoms with Crippen LogP contribution in [0.4, 0.5) is 5.82 Å².